The molecule has 1 fully saturated rings. The van der Waals surface area contributed by atoms with E-state index in [2.05, 4.69) is 79.6 Å². The van der Waals surface area contributed by atoms with E-state index in [1.54, 1.807) is 4.68 Å². The summed E-state index contributed by atoms with van der Waals surface area (Å²) in [6.45, 7) is 10.0. The largest absolute Gasteiger partial charge is 0.342 e. The number of nitrogens with one attached hydrogen (secondary N) is 2. The first-order chi connectivity index (χ1) is 21.6. The van der Waals surface area contributed by atoms with Crippen molar-refractivity contribution >= 4 is 23.4 Å². The number of benzene rings is 3. The summed E-state index contributed by atoms with van der Waals surface area (Å²) in [5.74, 6) is 1.58. The summed E-state index contributed by atoms with van der Waals surface area (Å²) in [4.78, 5) is 28.6. The van der Waals surface area contributed by atoms with Gasteiger partial charge >= 0.3 is 6.03 Å². The lowest BCUT2D eigenvalue weighted by Gasteiger charge is -2.35. The number of likely N-dealkylation sites (tertiary alicyclic amines) is 1. The number of hydrogen-bond donors (Lipinski definition) is 2. The summed E-state index contributed by atoms with van der Waals surface area (Å²) in [7, 11) is 0. The van der Waals surface area contributed by atoms with Crippen molar-refractivity contribution in [3.05, 3.63) is 107 Å². The molecule has 1 saturated heterocycles. The first-order valence-electron chi connectivity index (χ1n) is 16.3. The van der Waals surface area contributed by atoms with Crippen LogP contribution >= 0.6 is 0 Å². The Balaban J connectivity index is 1.04. The average Bonchev–Trinajstić information content (AvgIpc) is 3.45. The van der Waals surface area contributed by atoms with E-state index in [0.29, 0.717) is 17.6 Å². The number of nitrogens with zero attached hydrogens (tertiary/aromatic N) is 3. The van der Waals surface area contributed by atoms with Gasteiger partial charge in [-0.3, -0.25) is 10.1 Å². The van der Waals surface area contributed by atoms with Gasteiger partial charge in [-0.1, -0.05) is 74.9 Å². The van der Waals surface area contributed by atoms with Gasteiger partial charge in [0.2, 0.25) is 5.91 Å². The van der Waals surface area contributed by atoms with E-state index in [4.69, 9.17) is 5.10 Å². The average molecular weight is 604 g/mol. The smallest absolute Gasteiger partial charge is 0.324 e. The van der Waals surface area contributed by atoms with Gasteiger partial charge in [0.1, 0.15) is 5.82 Å². The molecule has 1 aliphatic heterocycles. The number of carbonyl (C=O) groups is 2. The molecule has 234 valence electrons. The zero-order chi connectivity index (χ0) is 31.6. The van der Waals surface area contributed by atoms with Crippen molar-refractivity contribution < 1.29 is 9.59 Å². The number of aromatic nitrogens is 2. The molecule has 1 atom stereocenters. The highest BCUT2D eigenvalue weighted by Gasteiger charge is 2.31. The Morgan fingerprint density at radius 2 is 1.60 bits per heavy atom. The molecule has 1 aromatic heterocycles. The van der Waals surface area contributed by atoms with Crippen molar-refractivity contribution in [3.8, 4) is 5.69 Å². The van der Waals surface area contributed by atoms with Gasteiger partial charge in [0.15, 0.2) is 0 Å². The molecular formula is C38H45N5O2. The second kappa shape index (κ2) is 12.9. The molecule has 7 nitrogen and oxygen atoms in total. The van der Waals surface area contributed by atoms with Crippen molar-refractivity contribution in [2.45, 2.75) is 71.6 Å². The van der Waals surface area contributed by atoms with E-state index >= 15 is 0 Å². The fourth-order valence-electron chi connectivity index (χ4n) is 6.63. The Morgan fingerprint density at radius 1 is 0.867 bits per heavy atom. The van der Waals surface area contributed by atoms with E-state index < -0.39 is 0 Å². The molecule has 0 saturated carbocycles. The molecule has 2 heterocycles. The molecule has 7 heteroatoms. The minimum atomic E-state index is -0.307. The van der Waals surface area contributed by atoms with Crippen LogP contribution in [0.1, 0.15) is 68.0 Å². The van der Waals surface area contributed by atoms with Crippen LogP contribution in [0.25, 0.3) is 5.69 Å². The van der Waals surface area contributed by atoms with Gasteiger partial charge < -0.3 is 10.2 Å². The van der Waals surface area contributed by atoms with Crippen LogP contribution in [0.3, 0.4) is 0 Å². The quantitative estimate of drug-likeness (QED) is 0.237. The Labute approximate surface area is 267 Å². The van der Waals surface area contributed by atoms with Crippen LogP contribution in [0.5, 0.6) is 0 Å². The first kappa shape index (κ1) is 30.6. The molecule has 2 aliphatic rings. The van der Waals surface area contributed by atoms with Crippen LogP contribution in [-0.4, -0.2) is 39.7 Å². The Kier molecular flexibility index (Phi) is 8.79. The number of aryl methyl sites for hydroxylation is 2. The molecule has 0 bridgehead atoms. The SMILES string of the molecule is Cc1ccc(-n2nc(C(C)(C)C)cc2NC(=O)Nc2cccc(CC3CCN(C(=O)C4CCc5ccccc5C4)CC3)c2)cc1. The molecule has 0 radical (unpaired) electrons. The molecule has 0 spiro atoms. The molecular weight excluding hydrogens is 558 g/mol. The van der Waals surface area contributed by atoms with Gasteiger partial charge in [0.25, 0.3) is 0 Å². The lowest BCUT2D eigenvalue weighted by Crippen LogP contribution is -2.43. The lowest BCUT2D eigenvalue weighted by atomic mass is 9.82. The van der Waals surface area contributed by atoms with Gasteiger partial charge in [0.05, 0.1) is 11.4 Å². The van der Waals surface area contributed by atoms with Crippen molar-refractivity contribution in [2.24, 2.45) is 11.8 Å². The van der Waals surface area contributed by atoms with E-state index in [1.165, 1.54) is 22.3 Å². The van der Waals surface area contributed by atoms with Crippen LogP contribution in [-0.2, 0) is 29.5 Å². The van der Waals surface area contributed by atoms with E-state index in [1.807, 2.05) is 42.5 Å². The highest BCUT2D eigenvalue weighted by Crippen LogP contribution is 2.30. The van der Waals surface area contributed by atoms with Gasteiger partial charge in [-0.15, -0.1) is 0 Å². The lowest BCUT2D eigenvalue weighted by molar-refractivity contribution is -0.137. The fourth-order valence-corrected chi connectivity index (χ4v) is 6.63. The topological polar surface area (TPSA) is 79.3 Å². The van der Waals surface area contributed by atoms with Gasteiger partial charge in [-0.05, 0) is 92.3 Å². The number of fused-ring (bicyclic) bond motifs is 1. The van der Waals surface area contributed by atoms with E-state index in [9.17, 15) is 9.59 Å². The normalized spacial score (nSPS) is 17.1. The summed E-state index contributed by atoms with van der Waals surface area (Å²) >= 11 is 0. The Morgan fingerprint density at radius 3 is 2.33 bits per heavy atom. The van der Waals surface area contributed by atoms with Crippen molar-refractivity contribution in [3.63, 3.8) is 0 Å². The molecule has 3 aromatic carbocycles. The number of hydrogen-bond acceptors (Lipinski definition) is 3. The number of piperidine rings is 1. The standard InChI is InChI=1S/C38H45N5O2/c1-26-12-16-33(17-13-26)43-35(25-34(41-43)38(2,3)4)40-37(45)39-32-11-7-8-28(23-32)22-27-18-20-42(21-19-27)36(44)31-15-14-29-9-5-6-10-30(29)24-31/h5-13,16-17,23,25,27,31H,14-15,18-22,24H2,1-4H3,(H2,39,40,45). The van der Waals surface area contributed by atoms with Crippen LogP contribution in [0.15, 0.2) is 78.9 Å². The summed E-state index contributed by atoms with van der Waals surface area (Å²) in [6.07, 6.45) is 5.77. The van der Waals surface area contributed by atoms with Crippen molar-refractivity contribution in [1.29, 1.82) is 0 Å². The van der Waals surface area contributed by atoms with E-state index in [0.717, 1.165) is 68.7 Å². The maximum Gasteiger partial charge on any atom is 0.324 e. The minimum absolute atomic E-state index is 0.112. The summed E-state index contributed by atoms with van der Waals surface area (Å²) in [5.41, 5.74) is 7.49. The predicted molar refractivity (Wildman–Crippen MR) is 181 cm³/mol. The molecule has 1 unspecified atom stereocenters. The molecule has 2 N–H and O–H groups in total. The Hall–Kier alpha value is -4.39. The maximum atomic E-state index is 13.3. The number of urea groups is 1. The number of carbonyl (C=O) groups excluding carboxylic acids is 2. The fraction of sp³-hybridized carbons (Fsp3) is 0.395. The van der Waals surface area contributed by atoms with Crippen molar-refractivity contribution in [2.75, 3.05) is 23.7 Å². The predicted octanol–water partition coefficient (Wildman–Crippen LogP) is 7.71. The molecule has 45 heavy (non-hydrogen) atoms. The summed E-state index contributed by atoms with van der Waals surface area (Å²) in [6, 6.07) is 26.4. The van der Waals surface area contributed by atoms with Gasteiger partial charge in [-0.2, -0.15) is 5.10 Å². The van der Waals surface area contributed by atoms with Gasteiger partial charge in [0, 0.05) is 36.2 Å². The van der Waals surface area contributed by atoms with Crippen LogP contribution in [0, 0.1) is 18.8 Å². The van der Waals surface area contributed by atoms with Gasteiger partial charge in [-0.25, -0.2) is 9.48 Å². The number of rotatable bonds is 6. The zero-order valence-electron chi connectivity index (χ0n) is 27.0. The second-order valence-corrected chi connectivity index (χ2v) is 13.9. The summed E-state index contributed by atoms with van der Waals surface area (Å²) < 4.78 is 1.79. The minimum Gasteiger partial charge on any atom is -0.342 e. The summed E-state index contributed by atoms with van der Waals surface area (Å²) in [5, 5.41) is 10.9. The number of anilines is 2. The number of amides is 3. The second-order valence-electron chi connectivity index (χ2n) is 13.9. The van der Waals surface area contributed by atoms with Crippen LogP contribution in [0.2, 0.25) is 0 Å². The highest BCUT2D eigenvalue weighted by atomic mass is 16.2. The third kappa shape index (κ3) is 7.30. The third-order valence-corrected chi connectivity index (χ3v) is 9.33. The Bertz CT molecular complexity index is 1660. The van der Waals surface area contributed by atoms with E-state index in [-0.39, 0.29) is 17.4 Å². The molecule has 3 amide bonds. The zero-order valence-corrected chi connectivity index (χ0v) is 27.0. The maximum absolute atomic E-state index is 13.3. The highest BCUT2D eigenvalue weighted by molar-refractivity contribution is 5.99. The monoisotopic (exact) mass is 603 g/mol. The molecule has 1 aliphatic carbocycles. The molecule has 4 aromatic rings. The van der Waals surface area contributed by atoms with Crippen LogP contribution in [0.4, 0.5) is 16.3 Å². The first-order valence-corrected chi connectivity index (χ1v) is 16.3. The van der Waals surface area contributed by atoms with Crippen LogP contribution < -0.4 is 10.6 Å². The van der Waals surface area contributed by atoms with Crippen molar-refractivity contribution in [1.82, 2.24) is 14.7 Å². The third-order valence-electron chi connectivity index (χ3n) is 9.33. The molecule has 6 rings (SSSR count).